The van der Waals surface area contributed by atoms with E-state index in [4.69, 9.17) is 20.9 Å². The molecule has 0 radical (unpaired) electrons. The number of ether oxygens (including phenoxy) is 2. The minimum atomic E-state index is -0.521. The van der Waals surface area contributed by atoms with Crippen molar-refractivity contribution in [1.29, 1.82) is 0 Å². The molecule has 0 aliphatic rings. The van der Waals surface area contributed by atoms with Crippen molar-refractivity contribution in [3.63, 3.8) is 0 Å². The number of aliphatic imine (C=N–C) groups is 1. The number of nitrogens with zero attached hydrogens (tertiary/aromatic N) is 1. The molecule has 0 aliphatic carbocycles. The lowest BCUT2D eigenvalue weighted by atomic mass is 10.2. The number of methoxy groups -OCH3 is 1. The fourth-order valence-electron chi connectivity index (χ4n) is 1.39. The highest BCUT2D eigenvalue weighted by molar-refractivity contribution is 5.99. The molecular weight excluding hydrogens is 246 g/mol. The number of benzene rings is 1. The number of amides is 1. The normalized spacial score (nSPS) is 10.2. The third-order valence-electron chi connectivity index (χ3n) is 2.15. The summed E-state index contributed by atoms with van der Waals surface area (Å²) in [5, 5.41) is 0. The maximum atomic E-state index is 11.3. The molecule has 1 amide bonds. The van der Waals surface area contributed by atoms with Crippen LogP contribution in [0.25, 0.3) is 6.08 Å². The van der Waals surface area contributed by atoms with E-state index in [9.17, 15) is 4.79 Å². The summed E-state index contributed by atoms with van der Waals surface area (Å²) in [6.45, 7) is 2.44. The number of carbonyl (C=O) groups excluding carboxylic acids is 1. The molecule has 0 bridgehead atoms. The average Bonchev–Trinajstić information content (AvgIpc) is 2.37. The van der Waals surface area contributed by atoms with Gasteiger partial charge in [0.1, 0.15) is 0 Å². The van der Waals surface area contributed by atoms with Crippen LogP contribution in [0.2, 0.25) is 0 Å². The molecule has 19 heavy (non-hydrogen) atoms. The molecule has 0 saturated carbocycles. The summed E-state index contributed by atoms with van der Waals surface area (Å²) in [6.07, 6.45) is 2.86. The van der Waals surface area contributed by atoms with E-state index in [1.807, 2.05) is 6.92 Å². The molecule has 1 rings (SSSR count). The summed E-state index contributed by atoms with van der Waals surface area (Å²) in [4.78, 5) is 14.6. The average molecular weight is 263 g/mol. The Morgan fingerprint density at radius 3 is 2.68 bits per heavy atom. The van der Waals surface area contributed by atoms with E-state index in [-0.39, 0.29) is 5.96 Å². The highest BCUT2D eigenvalue weighted by Crippen LogP contribution is 2.28. The second kappa shape index (κ2) is 7.05. The van der Waals surface area contributed by atoms with Gasteiger partial charge in [0.2, 0.25) is 0 Å². The second-order valence-corrected chi connectivity index (χ2v) is 3.55. The van der Waals surface area contributed by atoms with Crippen molar-refractivity contribution >= 4 is 17.9 Å². The highest BCUT2D eigenvalue weighted by atomic mass is 16.5. The van der Waals surface area contributed by atoms with Crippen LogP contribution in [0.5, 0.6) is 11.5 Å². The van der Waals surface area contributed by atoms with Gasteiger partial charge in [-0.2, -0.15) is 4.99 Å². The van der Waals surface area contributed by atoms with Gasteiger partial charge in [-0.3, -0.25) is 4.79 Å². The van der Waals surface area contributed by atoms with E-state index in [0.29, 0.717) is 18.1 Å². The monoisotopic (exact) mass is 263 g/mol. The molecule has 0 unspecified atom stereocenters. The predicted octanol–water partition coefficient (Wildman–Crippen LogP) is 0.907. The van der Waals surface area contributed by atoms with Crippen molar-refractivity contribution in [2.45, 2.75) is 6.92 Å². The zero-order chi connectivity index (χ0) is 14.3. The van der Waals surface area contributed by atoms with E-state index in [1.165, 1.54) is 6.08 Å². The Hall–Kier alpha value is -2.50. The molecule has 102 valence electrons. The lowest BCUT2D eigenvalue weighted by molar-refractivity contribution is -0.113. The van der Waals surface area contributed by atoms with Gasteiger partial charge in [-0.15, -0.1) is 0 Å². The van der Waals surface area contributed by atoms with Gasteiger partial charge in [0.05, 0.1) is 13.7 Å². The smallest absolute Gasteiger partial charge is 0.272 e. The van der Waals surface area contributed by atoms with E-state index in [1.54, 1.807) is 31.4 Å². The molecule has 0 saturated heterocycles. The van der Waals surface area contributed by atoms with E-state index in [2.05, 4.69) is 4.99 Å². The zero-order valence-electron chi connectivity index (χ0n) is 10.9. The summed E-state index contributed by atoms with van der Waals surface area (Å²) in [5.41, 5.74) is 11.0. The van der Waals surface area contributed by atoms with Gasteiger partial charge in [-0.05, 0) is 30.7 Å². The first-order valence-corrected chi connectivity index (χ1v) is 5.69. The Bertz CT molecular complexity index is 506. The maximum absolute atomic E-state index is 11.3. The van der Waals surface area contributed by atoms with Crippen LogP contribution < -0.4 is 20.9 Å². The molecule has 1 aromatic carbocycles. The molecule has 0 fully saturated rings. The van der Waals surface area contributed by atoms with E-state index in [0.717, 1.165) is 5.56 Å². The summed E-state index contributed by atoms with van der Waals surface area (Å²) >= 11 is 0. The molecule has 4 N–H and O–H groups in total. The van der Waals surface area contributed by atoms with Crippen LogP contribution in [0.15, 0.2) is 29.3 Å². The van der Waals surface area contributed by atoms with Gasteiger partial charge in [-0.1, -0.05) is 6.07 Å². The van der Waals surface area contributed by atoms with E-state index < -0.39 is 5.91 Å². The van der Waals surface area contributed by atoms with Crippen LogP contribution in [0.3, 0.4) is 0 Å². The van der Waals surface area contributed by atoms with Crippen molar-refractivity contribution in [2.24, 2.45) is 16.5 Å². The Labute approximate surface area is 111 Å². The van der Waals surface area contributed by atoms with E-state index >= 15 is 0 Å². The topological polar surface area (TPSA) is 99.9 Å². The fourth-order valence-corrected chi connectivity index (χ4v) is 1.39. The number of guanidine groups is 1. The molecule has 0 heterocycles. The van der Waals surface area contributed by atoms with Crippen LogP contribution in [-0.4, -0.2) is 25.6 Å². The van der Waals surface area contributed by atoms with Gasteiger partial charge in [-0.25, -0.2) is 0 Å². The zero-order valence-corrected chi connectivity index (χ0v) is 10.9. The highest BCUT2D eigenvalue weighted by Gasteiger charge is 2.03. The Morgan fingerprint density at radius 1 is 1.37 bits per heavy atom. The van der Waals surface area contributed by atoms with Gasteiger partial charge in [0.25, 0.3) is 5.91 Å². The molecule has 6 heteroatoms. The Kier molecular flexibility index (Phi) is 5.40. The number of hydrogen-bond donors (Lipinski definition) is 2. The van der Waals surface area contributed by atoms with Crippen molar-refractivity contribution in [1.82, 2.24) is 0 Å². The summed E-state index contributed by atoms with van der Waals surface area (Å²) < 4.78 is 10.6. The molecule has 0 aromatic heterocycles. The van der Waals surface area contributed by atoms with Gasteiger partial charge < -0.3 is 20.9 Å². The molecular formula is C13H17N3O3. The Balaban J connectivity index is 2.88. The number of carbonyl (C=O) groups is 1. The van der Waals surface area contributed by atoms with Gasteiger partial charge >= 0.3 is 0 Å². The molecule has 0 aliphatic heterocycles. The standard InChI is InChI=1S/C13H17N3O3/c1-3-19-10-6-4-9(8-11(10)18-2)5-7-12(17)16-13(14)15/h4-8H,3H2,1-2H3,(H4,14,15,16,17)/b7-5+. The number of hydrogen-bond acceptors (Lipinski definition) is 3. The fraction of sp³-hybridized carbons (Fsp3) is 0.231. The summed E-state index contributed by atoms with van der Waals surface area (Å²) in [6, 6.07) is 5.32. The first-order valence-electron chi connectivity index (χ1n) is 5.69. The summed E-state index contributed by atoms with van der Waals surface area (Å²) in [5.74, 6) is 0.461. The quantitative estimate of drug-likeness (QED) is 0.467. The SMILES string of the molecule is CCOc1ccc(/C=C/C(=O)N=C(N)N)cc1OC. The Morgan fingerprint density at radius 2 is 2.11 bits per heavy atom. The number of rotatable bonds is 5. The van der Waals surface area contributed by atoms with Crippen LogP contribution in [0.4, 0.5) is 0 Å². The van der Waals surface area contributed by atoms with Crippen molar-refractivity contribution < 1.29 is 14.3 Å². The van der Waals surface area contributed by atoms with Crippen molar-refractivity contribution in [2.75, 3.05) is 13.7 Å². The first kappa shape index (κ1) is 14.6. The van der Waals surface area contributed by atoms with Crippen LogP contribution in [-0.2, 0) is 4.79 Å². The van der Waals surface area contributed by atoms with Crippen molar-refractivity contribution in [3.05, 3.63) is 29.8 Å². The minimum absolute atomic E-state index is 0.265. The second-order valence-electron chi connectivity index (χ2n) is 3.55. The molecule has 0 spiro atoms. The summed E-state index contributed by atoms with van der Waals surface area (Å²) in [7, 11) is 1.55. The van der Waals surface area contributed by atoms with Gasteiger partial charge in [0, 0.05) is 6.08 Å². The van der Waals surface area contributed by atoms with Crippen LogP contribution in [0.1, 0.15) is 12.5 Å². The third-order valence-corrected chi connectivity index (χ3v) is 2.15. The first-order chi connectivity index (χ1) is 9.06. The largest absolute Gasteiger partial charge is 0.493 e. The molecule has 6 nitrogen and oxygen atoms in total. The minimum Gasteiger partial charge on any atom is -0.493 e. The predicted molar refractivity (Wildman–Crippen MR) is 74.0 cm³/mol. The van der Waals surface area contributed by atoms with Gasteiger partial charge in [0.15, 0.2) is 17.5 Å². The van der Waals surface area contributed by atoms with Crippen LogP contribution >= 0.6 is 0 Å². The molecule has 0 atom stereocenters. The lowest BCUT2D eigenvalue weighted by Gasteiger charge is -2.09. The maximum Gasteiger partial charge on any atom is 0.272 e. The van der Waals surface area contributed by atoms with Crippen molar-refractivity contribution in [3.8, 4) is 11.5 Å². The lowest BCUT2D eigenvalue weighted by Crippen LogP contribution is -2.23. The molecule has 1 aromatic rings. The number of nitrogens with two attached hydrogens (primary N) is 2. The van der Waals surface area contributed by atoms with Crippen LogP contribution in [0, 0.1) is 0 Å². The third kappa shape index (κ3) is 4.71.